The van der Waals surface area contributed by atoms with Gasteiger partial charge < -0.3 is 5.32 Å². The van der Waals surface area contributed by atoms with Crippen molar-refractivity contribution in [1.29, 1.82) is 0 Å². The summed E-state index contributed by atoms with van der Waals surface area (Å²) in [5, 5.41) is 2.83. The van der Waals surface area contributed by atoms with Gasteiger partial charge in [-0.1, -0.05) is 18.2 Å². The predicted molar refractivity (Wildman–Crippen MR) is 108 cm³/mol. The Morgan fingerprint density at radius 2 is 1.72 bits per heavy atom. The van der Waals surface area contributed by atoms with Gasteiger partial charge in [0, 0.05) is 20.6 Å². The Labute approximate surface area is 166 Å². The molecule has 2 heterocycles. The number of hydrogen-bond donors (Lipinski definition) is 1. The van der Waals surface area contributed by atoms with Gasteiger partial charge in [0.15, 0.2) is 9.84 Å². The molecule has 0 fully saturated rings. The number of hydrogen-bond acceptors (Lipinski definition) is 6. The molecule has 10 heteroatoms. The Morgan fingerprint density at radius 3 is 2.41 bits per heavy atom. The number of rotatable bonds is 6. The molecule has 3 rings (SSSR count). The number of nitrogens with zero attached hydrogens (tertiary/aromatic N) is 3. The van der Waals surface area contributed by atoms with Gasteiger partial charge in [-0.3, -0.25) is 18.7 Å². The summed E-state index contributed by atoms with van der Waals surface area (Å²) in [7, 11) is -0.578. The minimum absolute atomic E-state index is 0.0340. The standard InChI is InChI=1S/C19H20N4O5S/c1-22-16-14(18(25)23(2)19(22)26)9-10-15(21-16)17(24)20-11-6-12-29(27,28)13-7-4-3-5-8-13/h3-5,7-10H,6,11-12H2,1-2H3,(H,20,24). The van der Waals surface area contributed by atoms with E-state index in [9.17, 15) is 22.8 Å². The summed E-state index contributed by atoms with van der Waals surface area (Å²) in [5.41, 5.74) is -0.892. The van der Waals surface area contributed by atoms with E-state index in [0.29, 0.717) is 0 Å². The number of aryl methyl sites for hydroxylation is 1. The lowest BCUT2D eigenvalue weighted by Gasteiger charge is -2.09. The van der Waals surface area contributed by atoms with E-state index in [1.807, 2.05) is 0 Å². The van der Waals surface area contributed by atoms with Gasteiger partial charge in [-0.05, 0) is 30.7 Å². The third kappa shape index (κ3) is 4.11. The van der Waals surface area contributed by atoms with Crippen LogP contribution in [0.25, 0.3) is 11.0 Å². The van der Waals surface area contributed by atoms with Crippen LogP contribution in [-0.4, -0.2) is 40.7 Å². The summed E-state index contributed by atoms with van der Waals surface area (Å²) in [6, 6.07) is 10.9. The normalized spacial score (nSPS) is 11.5. The molecule has 0 unspecified atom stereocenters. The zero-order valence-corrected chi connectivity index (χ0v) is 16.8. The van der Waals surface area contributed by atoms with Crippen LogP contribution in [0.4, 0.5) is 0 Å². The van der Waals surface area contributed by atoms with E-state index in [-0.39, 0.29) is 40.3 Å². The van der Waals surface area contributed by atoms with E-state index >= 15 is 0 Å². The molecule has 1 N–H and O–H groups in total. The van der Waals surface area contributed by atoms with E-state index in [4.69, 9.17) is 0 Å². The number of amides is 1. The van der Waals surface area contributed by atoms with Gasteiger partial charge in [-0.15, -0.1) is 0 Å². The molecule has 0 saturated carbocycles. The number of aromatic nitrogens is 3. The topological polar surface area (TPSA) is 120 Å². The minimum Gasteiger partial charge on any atom is -0.351 e. The third-order valence-electron chi connectivity index (χ3n) is 4.51. The molecule has 1 aromatic carbocycles. The van der Waals surface area contributed by atoms with E-state index in [2.05, 4.69) is 10.3 Å². The van der Waals surface area contributed by atoms with Crippen molar-refractivity contribution in [1.82, 2.24) is 19.4 Å². The Hall–Kier alpha value is -3.27. The first-order valence-corrected chi connectivity index (χ1v) is 10.5. The smallest absolute Gasteiger partial charge is 0.332 e. The zero-order chi connectivity index (χ0) is 21.2. The van der Waals surface area contributed by atoms with E-state index in [1.54, 1.807) is 18.2 Å². The van der Waals surface area contributed by atoms with E-state index in [0.717, 1.165) is 4.57 Å². The molecule has 0 aliphatic heterocycles. The molecule has 0 aliphatic rings. The molecule has 9 nitrogen and oxygen atoms in total. The largest absolute Gasteiger partial charge is 0.351 e. The Morgan fingerprint density at radius 1 is 1.03 bits per heavy atom. The first-order valence-electron chi connectivity index (χ1n) is 8.85. The fourth-order valence-corrected chi connectivity index (χ4v) is 4.21. The van der Waals surface area contributed by atoms with Gasteiger partial charge in [0.05, 0.1) is 16.0 Å². The molecule has 1 amide bonds. The van der Waals surface area contributed by atoms with Crippen molar-refractivity contribution in [2.24, 2.45) is 14.1 Å². The average molecular weight is 416 g/mol. The van der Waals surface area contributed by atoms with Crippen molar-refractivity contribution < 1.29 is 13.2 Å². The zero-order valence-electron chi connectivity index (χ0n) is 16.0. The van der Waals surface area contributed by atoms with Crippen molar-refractivity contribution >= 4 is 26.8 Å². The van der Waals surface area contributed by atoms with Gasteiger partial charge >= 0.3 is 5.69 Å². The molecule has 0 atom stereocenters. The van der Waals surface area contributed by atoms with Gasteiger partial charge in [0.2, 0.25) is 0 Å². The number of carbonyl (C=O) groups excluding carboxylic acids is 1. The molecule has 0 bridgehead atoms. The lowest BCUT2D eigenvalue weighted by molar-refractivity contribution is 0.0949. The first-order chi connectivity index (χ1) is 13.7. The van der Waals surface area contributed by atoms with Crippen LogP contribution in [0.15, 0.2) is 56.9 Å². The SMILES string of the molecule is Cn1c(=O)c2ccc(C(=O)NCCCS(=O)(=O)c3ccccc3)nc2n(C)c1=O. The summed E-state index contributed by atoms with van der Waals surface area (Å²) >= 11 is 0. The van der Waals surface area contributed by atoms with Crippen LogP contribution in [0.3, 0.4) is 0 Å². The Kier molecular flexibility index (Phi) is 5.64. The number of pyridine rings is 1. The highest BCUT2D eigenvalue weighted by Gasteiger charge is 2.15. The van der Waals surface area contributed by atoms with Crippen molar-refractivity contribution in [2.75, 3.05) is 12.3 Å². The molecule has 29 heavy (non-hydrogen) atoms. The molecule has 3 aromatic rings. The van der Waals surface area contributed by atoms with Gasteiger partial charge in [-0.25, -0.2) is 18.2 Å². The van der Waals surface area contributed by atoms with Crippen molar-refractivity contribution in [3.05, 3.63) is 69.0 Å². The van der Waals surface area contributed by atoms with Gasteiger partial charge in [-0.2, -0.15) is 0 Å². The van der Waals surface area contributed by atoms with Crippen LogP contribution in [0.2, 0.25) is 0 Å². The second-order valence-electron chi connectivity index (χ2n) is 6.51. The molecular weight excluding hydrogens is 396 g/mol. The van der Waals surface area contributed by atoms with Crippen LogP contribution in [0.1, 0.15) is 16.9 Å². The van der Waals surface area contributed by atoms with Gasteiger partial charge in [0.25, 0.3) is 11.5 Å². The van der Waals surface area contributed by atoms with Gasteiger partial charge in [0.1, 0.15) is 11.3 Å². The average Bonchev–Trinajstić information content (AvgIpc) is 2.73. The Bertz CT molecular complexity index is 1290. The van der Waals surface area contributed by atoms with Crippen LogP contribution in [0, 0.1) is 0 Å². The fourth-order valence-electron chi connectivity index (χ4n) is 2.88. The summed E-state index contributed by atoms with van der Waals surface area (Å²) < 4.78 is 26.6. The number of fused-ring (bicyclic) bond motifs is 1. The number of benzene rings is 1. The molecule has 0 aliphatic carbocycles. The lowest BCUT2D eigenvalue weighted by Crippen LogP contribution is -2.37. The fraction of sp³-hybridized carbons (Fsp3) is 0.263. The monoisotopic (exact) mass is 416 g/mol. The quantitative estimate of drug-likeness (QED) is 0.574. The summed E-state index contributed by atoms with van der Waals surface area (Å²) in [5.74, 6) is -0.621. The van der Waals surface area contributed by atoms with Crippen molar-refractivity contribution in [2.45, 2.75) is 11.3 Å². The summed E-state index contributed by atoms with van der Waals surface area (Å²) in [4.78, 5) is 40.9. The van der Waals surface area contributed by atoms with Crippen LogP contribution < -0.4 is 16.6 Å². The highest BCUT2D eigenvalue weighted by atomic mass is 32.2. The van der Waals surface area contributed by atoms with Crippen LogP contribution >= 0.6 is 0 Å². The lowest BCUT2D eigenvalue weighted by atomic mass is 10.2. The van der Waals surface area contributed by atoms with E-state index < -0.39 is 27.0 Å². The molecule has 152 valence electrons. The van der Waals surface area contributed by atoms with Crippen molar-refractivity contribution in [3.8, 4) is 0 Å². The maximum Gasteiger partial charge on any atom is 0.332 e. The third-order valence-corrected chi connectivity index (χ3v) is 6.33. The molecule has 0 spiro atoms. The highest BCUT2D eigenvalue weighted by Crippen LogP contribution is 2.11. The highest BCUT2D eigenvalue weighted by molar-refractivity contribution is 7.91. The summed E-state index contributed by atoms with van der Waals surface area (Å²) in [6.45, 7) is 0.139. The summed E-state index contributed by atoms with van der Waals surface area (Å²) in [6.07, 6.45) is 0.232. The molecular formula is C19H20N4O5S. The number of carbonyl (C=O) groups is 1. The molecule has 2 aromatic heterocycles. The first kappa shape index (κ1) is 20.5. The molecule has 0 saturated heterocycles. The number of nitrogens with one attached hydrogen (secondary N) is 1. The van der Waals surface area contributed by atoms with Crippen LogP contribution in [0.5, 0.6) is 0 Å². The van der Waals surface area contributed by atoms with Crippen LogP contribution in [-0.2, 0) is 23.9 Å². The Balaban J connectivity index is 1.69. The maximum atomic E-state index is 12.3. The number of sulfone groups is 1. The maximum absolute atomic E-state index is 12.3. The second-order valence-corrected chi connectivity index (χ2v) is 8.62. The van der Waals surface area contributed by atoms with Crippen molar-refractivity contribution in [3.63, 3.8) is 0 Å². The predicted octanol–water partition coefficient (Wildman–Crippen LogP) is 0.226. The molecule has 0 radical (unpaired) electrons. The second kappa shape index (κ2) is 8.00. The van der Waals surface area contributed by atoms with E-state index in [1.165, 1.54) is 42.9 Å². The minimum atomic E-state index is -3.41.